The Morgan fingerprint density at radius 2 is 1.86 bits per heavy atom. The lowest BCUT2D eigenvalue weighted by atomic mass is 10.1. The second kappa shape index (κ2) is 7.58. The molecule has 1 N–H and O–H groups in total. The Balaban J connectivity index is 1.70. The second-order valence-corrected chi connectivity index (χ2v) is 7.62. The molecule has 1 amide bonds. The van der Waals surface area contributed by atoms with Crippen molar-refractivity contribution in [2.45, 2.75) is 13.0 Å². The molecule has 2 aromatic heterocycles. The molecule has 4 aromatic rings. The molecule has 0 fully saturated rings. The number of carbonyl (C=O) groups excluding carboxylic acids is 1. The number of amides is 1. The molecule has 0 spiro atoms. The fourth-order valence-corrected chi connectivity index (χ4v) is 3.99. The number of nitrogens with one attached hydrogen (secondary N) is 1. The highest BCUT2D eigenvalue weighted by Crippen LogP contribution is 2.30. The first kappa shape index (κ1) is 18.4. The summed E-state index contributed by atoms with van der Waals surface area (Å²) in [4.78, 5) is 30.9. The molecule has 0 unspecified atom stereocenters. The quantitative estimate of drug-likeness (QED) is 0.517. The highest BCUT2D eigenvalue weighted by molar-refractivity contribution is 7.17. The van der Waals surface area contributed by atoms with Crippen molar-refractivity contribution in [3.05, 3.63) is 81.7 Å². The van der Waals surface area contributed by atoms with Gasteiger partial charge in [-0.3, -0.25) is 14.2 Å². The Labute approximate surface area is 170 Å². The number of aromatic nitrogens is 2. The van der Waals surface area contributed by atoms with Gasteiger partial charge in [0, 0.05) is 21.7 Å². The Morgan fingerprint density at radius 1 is 1.14 bits per heavy atom. The second-order valence-electron chi connectivity index (χ2n) is 6.32. The van der Waals surface area contributed by atoms with Crippen LogP contribution in [0.4, 0.5) is 5.69 Å². The summed E-state index contributed by atoms with van der Waals surface area (Å²) in [6, 6.07) is 15.8. The molecule has 0 aliphatic carbocycles. The maximum atomic E-state index is 13.2. The van der Waals surface area contributed by atoms with Gasteiger partial charge in [0.15, 0.2) is 0 Å². The van der Waals surface area contributed by atoms with E-state index in [4.69, 9.17) is 11.6 Å². The number of hydrogen-bond acceptors (Lipinski definition) is 4. The molecule has 7 heteroatoms. The maximum Gasteiger partial charge on any atom is 0.263 e. The maximum absolute atomic E-state index is 13.2. The van der Waals surface area contributed by atoms with Gasteiger partial charge < -0.3 is 5.32 Å². The van der Waals surface area contributed by atoms with Crippen LogP contribution < -0.4 is 10.9 Å². The van der Waals surface area contributed by atoms with Gasteiger partial charge in [0.05, 0.1) is 11.7 Å². The normalized spacial score (nSPS) is 12.1. The van der Waals surface area contributed by atoms with Crippen LogP contribution in [0.1, 0.15) is 13.0 Å². The first-order valence-corrected chi connectivity index (χ1v) is 9.90. The van der Waals surface area contributed by atoms with Crippen LogP contribution in [0.3, 0.4) is 0 Å². The van der Waals surface area contributed by atoms with Crippen molar-refractivity contribution in [1.82, 2.24) is 9.55 Å². The molecule has 4 rings (SSSR count). The van der Waals surface area contributed by atoms with Crippen LogP contribution in [0.5, 0.6) is 0 Å². The highest BCUT2D eigenvalue weighted by atomic mass is 35.5. The van der Waals surface area contributed by atoms with Gasteiger partial charge >= 0.3 is 0 Å². The van der Waals surface area contributed by atoms with Crippen LogP contribution in [0, 0.1) is 0 Å². The summed E-state index contributed by atoms with van der Waals surface area (Å²) < 4.78 is 1.37. The van der Waals surface area contributed by atoms with E-state index in [1.54, 1.807) is 31.2 Å². The standard InChI is InChI=1S/C21H16ClN3O2S/c1-13(19(26)24-16-9-7-15(22)8-10-16)25-12-23-20-18(21(25)27)17(11-28-20)14-5-3-2-4-6-14/h2-13H,1H3,(H,24,26)/t13-/m1/s1. The number of halogens is 1. The minimum Gasteiger partial charge on any atom is -0.324 e. The van der Waals surface area contributed by atoms with E-state index in [9.17, 15) is 9.59 Å². The van der Waals surface area contributed by atoms with E-state index in [-0.39, 0.29) is 11.5 Å². The van der Waals surface area contributed by atoms with Crippen LogP contribution in [0.15, 0.2) is 71.1 Å². The van der Waals surface area contributed by atoms with Gasteiger partial charge in [0.25, 0.3) is 5.56 Å². The number of hydrogen-bond donors (Lipinski definition) is 1. The van der Waals surface area contributed by atoms with Crippen molar-refractivity contribution < 1.29 is 4.79 Å². The summed E-state index contributed by atoms with van der Waals surface area (Å²) in [5.41, 5.74) is 2.16. The first-order valence-electron chi connectivity index (χ1n) is 8.65. The Kier molecular flexibility index (Phi) is 4.98. The third-order valence-electron chi connectivity index (χ3n) is 4.51. The Hall–Kier alpha value is -2.96. The number of thiophene rings is 1. The van der Waals surface area contributed by atoms with E-state index in [2.05, 4.69) is 10.3 Å². The zero-order valence-electron chi connectivity index (χ0n) is 14.9. The summed E-state index contributed by atoms with van der Waals surface area (Å²) >= 11 is 7.29. The minimum absolute atomic E-state index is 0.233. The lowest BCUT2D eigenvalue weighted by Gasteiger charge is -2.15. The van der Waals surface area contributed by atoms with Crippen LogP contribution in [-0.4, -0.2) is 15.5 Å². The van der Waals surface area contributed by atoms with Gasteiger partial charge in [-0.2, -0.15) is 0 Å². The Bertz CT molecular complexity index is 1200. The predicted molar refractivity (Wildman–Crippen MR) is 114 cm³/mol. The molecule has 28 heavy (non-hydrogen) atoms. The summed E-state index contributed by atoms with van der Waals surface area (Å²) in [7, 11) is 0. The van der Waals surface area contributed by atoms with Crippen molar-refractivity contribution in [2.24, 2.45) is 0 Å². The molecular weight excluding hydrogens is 394 g/mol. The lowest BCUT2D eigenvalue weighted by molar-refractivity contribution is -0.118. The number of rotatable bonds is 4. The summed E-state index contributed by atoms with van der Waals surface area (Å²) in [6.45, 7) is 1.68. The van der Waals surface area contributed by atoms with Gasteiger partial charge in [-0.15, -0.1) is 11.3 Å². The van der Waals surface area contributed by atoms with E-state index < -0.39 is 6.04 Å². The van der Waals surface area contributed by atoms with E-state index in [0.717, 1.165) is 11.1 Å². The number of nitrogens with zero attached hydrogens (tertiary/aromatic N) is 2. The van der Waals surface area contributed by atoms with Gasteiger partial charge in [-0.05, 0) is 36.8 Å². The smallest absolute Gasteiger partial charge is 0.263 e. The molecule has 0 aliphatic heterocycles. The molecule has 0 saturated heterocycles. The van der Waals surface area contributed by atoms with Crippen molar-refractivity contribution in [1.29, 1.82) is 0 Å². The molecule has 5 nitrogen and oxygen atoms in total. The van der Waals surface area contributed by atoms with E-state index >= 15 is 0 Å². The SMILES string of the molecule is C[C@H](C(=O)Nc1ccc(Cl)cc1)n1cnc2scc(-c3ccccc3)c2c1=O. The average Bonchev–Trinajstić information content (AvgIpc) is 3.15. The van der Waals surface area contributed by atoms with E-state index in [1.165, 1.54) is 22.2 Å². The summed E-state index contributed by atoms with van der Waals surface area (Å²) in [5.74, 6) is -0.304. The fraction of sp³-hybridized carbons (Fsp3) is 0.0952. The molecule has 0 saturated carbocycles. The molecular formula is C21H16ClN3O2S. The van der Waals surface area contributed by atoms with E-state index in [0.29, 0.717) is 20.9 Å². The largest absolute Gasteiger partial charge is 0.324 e. The van der Waals surface area contributed by atoms with Crippen molar-refractivity contribution >= 4 is 44.7 Å². The number of fused-ring (bicyclic) bond motifs is 1. The summed E-state index contributed by atoms with van der Waals surface area (Å²) in [6.07, 6.45) is 1.43. The van der Waals surface area contributed by atoms with Crippen LogP contribution in [-0.2, 0) is 4.79 Å². The lowest BCUT2D eigenvalue weighted by Crippen LogP contribution is -2.31. The van der Waals surface area contributed by atoms with Crippen molar-refractivity contribution in [2.75, 3.05) is 5.32 Å². The topological polar surface area (TPSA) is 64.0 Å². The van der Waals surface area contributed by atoms with Crippen LogP contribution >= 0.6 is 22.9 Å². The average molecular weight is 410 g/mol. The fourth-order valence-electron chi connectivity index (χ4n) is 2.96. The first-order chi connectivity index (χ1) is 13.5. The molecule has 2 aromatic carbocycles. The molecule has 0 radical (unpaired) electrons. The number of benzene rings is 2. The molecule has 140 valence electrons. The molecule has 0 bridgehead atoms. The monoisotopic (exact) mass is 409 g/mol. The number of carbonyl (C=O) groups is 1. The van der Waals surface area contributed by atoms with Gasteiger partial charge in [-0.1, -0.05) is 41.9 Å². The van der Waals surface area contributed by atoms with Gasteiger partial charge in [0.1, 0.15) is 10.9 Å². The number of anilines is 1. The summed E-state index contributed by atoms with van der Waals surface area (Å²) in [5, 5.41) is 5.85. The highest BCUT2D eigenvalue weighted by Gasteiger charge is 2.20. The third-order valence-corrected chi connectivity index (χ3v) is 5.65. The van der Waals surface area contributed by atoms with Crippen molar-refractivity contribution in [3.8, 4) is 11.1 Å². The van der Waals surface area contributed by atoms with Crippen LogP contribution in [0.2, 0.25) is 5.02 Å². The molecule has 0 aliphatic rings. The predicted octanol–water partition coefficient (Wildman–Crippen LogP) is 4.98. The van der Waals surface area contributed by atoms with Crippen molar-refractivity contribution in [3.63, 3.8) is 0 Å². The molecule has 1 atom stereocenters. The van der Waals surface area contributed by atoms with Gasteiger partial charge in [-0.25, -0.2) is 4.98 Å². The van der Waals surface area contributed by atoms with E-state index in [1.807, 2.05) is 35.7 Å². The van der Waals surface area contributed by atoms with Crippen LogP contribution in [0.25, 0.3) is 21.3 Å². The minimum atomic E-state index is -0.719. The molecule has 2 heterocycles. The Morgan fingerprint density at radius 3 is 2.57 bits per heavy atom. The zero-order valence-corrected chi connectivity index (χ0v) is 16.5. The van der Waals surface area contributed by atoms with Gasteiger partial charge in [0.2, 0.25) is 5.91 Å². The zero-order chi connectivity index (χ0) is 19.7. The third kappa shape index (κ3) is 3.44.